The summed E-state index contributed by atoms with van der Waals surface area (Å²) in [4.78, 5) is 7.83. The standard InChI is InChI=1S/C12H9Cl2FN2O2S/c1-20(18,19)6-9-16-11(13)10(12(14)17-9)7-2-4-8(15)5-3-7/h2-5H,6H2,1H3. The summed E-state index contributed by atoms with van der Waals surface area (Å²) in [5.41, 5.74) is 0.887. The highest BCUT2D eigenvalue weighted by Gasteiger charge is 2.16. The second kappa shape index (κ2) is 5.63. The predicted molar refractivity (Wildman–Crippen MR) is 76.0 cm³/mol. The van der Waals surface area contributed by atoms with Crippen molar-refractivity contribution in [2.24, 2.45) is 0 Å². The summed E-state index contributed by atoms with van der Waals surface area (Å²) in [6.07, 6.45) is 1.06. The number of rotatable bonds is 3. The lowest BCUT2D eigenvalue weighted by atomic mass is 10.1. The predicted octanol–water partition coefficient (Wildman–Crippen LogP) is 3.13. The van der Waals surface area contributed by atoms with E-state index in [1.54, 1.807) is 0 Å². The highest BCUT2D eigenvalue weighted by molar-refractivity contribution is 7.89. The summed E-state index contributed by atoms with van der Waals surface area (Å²) >= 11 is 12.0. The monoisotopic (exact) mass is 334 g/mol. The fourth-order valence-electron chi connectivity index (χ4n) is 1.60. The van der Waals surface area contributed by atoms with E-state index in [1.807, 2.05) is 0 Å². The number of hydrogen-bond acceptors (Lipinski definition) is 4. The van der Waals surface area contributed by atoms with Crippen LogP contribution in [-0.2, 0) is 15.6 Å². The third-order valence-corrected chi connectivity index (χ3v) is 3.72. The van der Waals surface area contributed by atoms with Crippen molar-refractivity contribution < 1.29 is 12.8 Å². The van der Waals surface area contributed by atoms with E-state index in [0.717, 1.165) is 6.26 Å². The van der Waals surface area contributed by atoms with Crippen molar-refractivity contribution in [3.8, 4) is 11.1 Å². The van der Waals surface area contributed by atoms with Gasteiger partial charge in [0.25, 0.3) is 0 Å². The third-order valence-electron chi connectivity index (χ3n) is 2.39. The minimum absolute atomic E-state index is 0.0216. The van der Waals surface area contributed by atoms with Crippen LogP contribution in [0.4, 0.5) is 4.39 Å². The van der Waals surface area contributed by atoms with Crippen LogP contribution in [0.15, 0.2) is 24.3 Å². The van der Waals surface area contributed by atoms with Gasteiger partial charge in [-0.05, 0) is 17.7 Å². The molecule has 0 spiro atoms. The molecule has 0 unspecified atom stereocenters. The fraction of sp³-hybridized carbons (Fsp3) is 0.167. The van der Waals surface area contributed by atoms with E-state index in [1.165, 1.54) is 24.3 Å². The summed E-state index contributed by atoms with van der Waals surface area (Å²) in [6, 6.07) is 5.49. The quantitative estimate of drug-likeness (QED) is 0.809. The van der Waals surface area contributed by atoms with Crippen molar-refractivity contribution in [3.05, 3.63) is 46.2 Å². The number of nitrogens with zero attached hydrogens (tertiary/aromatic N) is 2. The number of aromatic nitrogens is 2. The molecule has 1 aromatic heterocycles. The van der Waals surface area contributed by atoms with Gasteiger partial charge in [-0.15, -0.1) is 0 Å². The van der Waals surface area contributed by atoms with Crippen LogP contribution in [0.1, 0.15) is 5.82 Å². The van der Waals surface area contributed by atoms with Crippen LogP contribution in [0.5, 0.6) is 0 Å². The smallest absolute Gasteiger partial charge is 0.154 e. The molecule has 20 heavy (non-hydrogen) atoms. The summed E-state index contributed by atoms with van der Waals surface area (Å²) in [6.45, 7) is 0. The molecule has 0 fully saturated rings. The number of halogens is 3. The maximum atomic E-state index is 12.9. The lowest BCUT2D eigenvalue weighted by Crippen LogP contribution is -2.06. The maximum absolute atomic E-state index is 12.9. The topological polar surface area (TPSA) is 59.9 Å². The van der Waals surface area contributed by atoms with Gasteiger partial charge in [0.15, 0.2) is 9.84 Å². The highest BCUT2D eigenvalue weighted by Crippen LogP contribution is 2.32. The maximum Gasteiger partial charge on any atom is 0.154 e. The van der Waals surface area contributed by atoms with Gasteiger partial charge in [0, 0.05) is 6.26 Å². The van der Waals surface area contributed by atoms with Crippen molar-refractivity contribution in [2.75, 3.05) is 6.26 Å². The molecule has 0 radical (unpaired) electrons. The van der Waals surface area contributed by atoms with Crippen molar-refractivity contribution in [3.63, 3.8) is 0 Å². The zero-order valence-electron chi connectivity index (χ0n) is 10.3. The summed E-state index contributed by atoms with van der Waals surface area (Å²) < 4.78 is 35.3. The molecule has 0 atom stereocenters. The molecule has 0 amide bonds. The van der Waals surface area contributed by atoms with Crippen LogP contribution in [0.25, 0.3) is 11.1 Å². The van der Waals surface area contributed by atoms with E-state index in [0.29, 0.717) is 11.1 Å². The summed E-state index contributed by atoms with van der Waals surface area (Å²) in [5, 5.41) is 0.0468. The Labute approximate surface area is 125 Å². The number of hydrogen-bond donors (Lipinski definition) is 0. The number of sulfone groups is 1. The molecule has 0 bridgehead atoms. The van der Waals surface area contributed by atoms with E-state index in [-0.39, 0.29) is 21.9 Å². The summed E-state index contributed by atoms with van der Waals surface area (Å²) in [7, 11) is -3.29. The van der Waals surface area contributed by atoms with Gasteiger partial charge in [0.1, 0.15) is 27.7 Å². The Hall–Kier alpha value is -1.24. The van der Waals surface area contributed by atoms with Crippen LogP contribution in [-0.4, -0.2) is 24.6 Å². The molecule has 1 heterocycles. The zero-order valence-corrected chi connectivity index (χ0v) is 12.6. The highest BCUT2D eigenvalue weighted by atomic mass is 35.5. The van der Waals surface area contributed by atoms with Gasteiger partial charge in [-0.3, -0.25) is 0 Å². The van der Waals surface area contributed by atoms with Crippen LogP contribution in [0.3, 0.4) is 0 Å². The molecule has 106 valence electrons. The molecule has 0 aliphatic heterocycles. The van der Waals surface area contributed by atoms with Gasteiger partial charge >= 0.3 is 0 Å². The fourth-order valence-corrected chi connectivity index (χ4v) is 2.84. The average molecular weight is 335 g/mol. The van der Waals surface area contributed by atoms with Gasteiger partial charge in [-0.2, -0.15) is 0 Å². The molecule has 0 aliphatic carbocycles. The zero-order chi connectivity index (χ0) is 14.9. The Bertz CT molecular complexity index is 726. The average Bonchev–Trinajstić information content (AvgIpc) is 2.28. The summed E-state index contributed by atoms with van der Waals surface area (Å²) in [5.74, 6) is -0.722. The van der Waals surface area contributed by atoms with E-state index < -0.39 is 15.7 Å². The van der Waals surface area contributed by atoms with Gasteiger partial charge in [-0.25, -0.2) is 22.8 Å². The molecule has 0 aliphatic rings. The molecule has 1 aromatic carbocycles. The lowest BCUT2D eigenvalue weighted by molar-refractivity contribution is 0.599. The first-order valence-corrected chi connectivity index (χ1v) is 8.23. The van der Waals surface area contributed by atoms with Crippen LogP contribution >= 0.6 is 23.2 Å². The molecular weight excluding hydrogens is 326 g/mol. The largest absolute Gasteiger partial charge is 0.229 e. The van der Waals surface area contributed by atoms with E-state index in [9.17, 15) is 12.8 Å². The van der Waals surface area contributed by atoms with Crippen molar-refractivity contribution in [2.45, 2.75) is 5.75 Å². The second-order valence-corrected chi connectivity index (χ2v) is 7.03. The minimum Gasteiger partial charge on any atom is -0.229 e. The van der Waals surface area contributed by atoms with Gasteiger partial charge in [0.05, 0.1) is 5.56 Å². The Morgan fingerprint density at radius 3 is 2.05 bits per heavy atom. The van der Waals surface area contributed by atoms with Crippen molar-refractivity contribution >= 4 is 33.0 Å². The minimum atomic E-state index is -3.29. The molecular formula is C12H9Cl2FN2O2S. The molecule has 4 nitrogen and oxygen atoms in total. The first kappa shape index (κ1) is 15.2. The third kappa shape index (κ3) is 3.65. The Kier molecular flexibility index (Phi) is 4.27. The molecule has 0 N–H and O–H groups in total. The molecule has 2 rings (SSSR count). The first-order chi connectivity index (χ1) is 9.26. The lowest BCUT2D eigenvalue weighted by Gasteiger charge is -2.08. The van der Waals surface area contributed by atoms with Crippen LogP contribution in [0, 0.1) is 5.82 Å². The molecule has 2 aromatic rings. The van der Waals surface area contributed by atoms with E-state index >= 15 is 0 Å². The first-order valence-electron chi connectivity index (χ1n) is 5.42. The van der Waals surface area contributed by atoms with Crippen molar-refractivity contribution in [1.29, 1.82) is 0 Å². The Morgan fingerprint density at radius 2 is 1.60 bits per heavy atom. The van der Waals surface area contributed by atoms with Gasteiger partial charge in [-0.1, -0.05) is 35.3 Å². The van der Waals surface area contributed by atoms with E-state index in [4.69, 9.17) is 23.2 Å². The van der Waals surface area contributed by atoms with Gasteiger partial charge in [0.2, 0.25) is 0 Å². The van der Waals surface area contributed by atoms with Crippen LogP contribution < -0.4 is 0 Å². The molecule has 8 heteroatoms. The molecule has 0 saturated carbocycles. The van der Waals surface area contributed by atoms with Gasteiger partial charge < -0.3 is 0 Å². The normalized spacial score (nSPS) is 11.6. The number of benzene rings is 1. The van der Waals surface area contributed by atoms with Crippen molar-refractivity contribution in [1.82, 2.24) is 9.97 Å². The Balaban J connectivity index is 2.49. The van der Waals surface area contributed by atoms with E-state index in [2.05, 4.69) is 9.97 Å². The van der Waals surface area contributed by atoms with Crippen LogP contribution in [0.2, 0.25) is 10.3 Å². The molecule has 0 saturated heterocycles. The second-order valence-electron chi connectivity index (χ2n) is 4.17. The SMILES string of the molecule is CS(=O)(=O)Cc1nc(Cl)c(-c2ccc(F)cc2)c(Cl)n1. The Morgan fingerprint density at radius 1 is 1.10 bits per heavy atom.